The van der Waals surface area contributed by atoms with Gasteiger partial charge in [-0.15, -0.1) is 0 Å². The maximum absolute atomic E-state index is 12.0. The van der Waals surface area contributed by atoms with Gasteiger partial charge in [0.25, 0.3) is 0 Å². The third-order valence-electron chi connectivity index (χ3n) is 1.78. The van der Waals surface area contributed by atoms with Gasteiger partial charge in [-0.3, -0.25) is 0 Å². The molecule has 1 N–H and O–H groups in total. The lowest BCUT2D eigenvalue weighted by Crippen LogP contribution is -2.43. The third kappa shape index (κ3) is 5.13. The molecule has 0 spiro atoms. The molecule has 0 bridgehead atoms. The summed E-state index contributed by atoms with van der Waals surface area (Å²) in [5.41, 5.74) is -5.30. The first-order valence-electron chi connectivity index (χ1n) is 4.94. The maximum atomic E-state index is 12.0. The van der Waals surface area contributed by atoms with Gasteiger partial charge in [0.1, 0.15) is 6.23 Å². The fraction of sp³-hybridized carbons (Fsp3) is 1.00. The van der Waals surface area contributed by atoms with E-state index in [0.29, 0.717) is 6.42 Å². The second kappa shape index (κ2) is 6.41. The van der Waals surface area contributed by atoms with Crippen LogP contribution in [0.4, 0.5) is 13.2 Å². The number of alkyl halides is 3. The van der Waals surface area contributed by atoms with E-state index in [-0.39, 0.29) is 13.0 Å². The van der Waals surface area contributed by atoms with Crippen LogP contribution in [0.5, 0.6) is 0 Å². The van der Waals surface area contributed by atoms with E-state index in [0.717, 1.165) is 6.42 Å². The van der Waals surface area contributed by atoms with Crippen molar-refractivity contribution in [2.75, 3.05) is 6.61 Å². The average molecular weight is 263 g/mol. The molecular weight excluding hydrogens is 247 g/mol. The lowest BCUT2D eigenvalue weighted by molar-refractivity contribution is -0.0483. The summed E-state index contributed by atoms with van der Waals surface area (Å²) < 4.78 is 64.0. The van der Waals surface area contributed by atoms with Crippen LogP contribution in [0.15, 0.2) is 0 Å². The minimum absolute atomic E-state index is 0.138. The van der Waals surface area contributed by atoms with E-state index in [1.165, 1.54) is 11.6 Å². The van der Waals surface area contributed by atoms with Gasteiger partial charge in [-0.25, -0.2) is 8.42 Å². The van der Waals surface area contributed by atoms with E-state index in [1.54, 1.807) is 0 Å². The van der Waals surface area contributed by atoms with Gasteiger partial charge in [-0.2, -0.15) is 17.9 Å². The first-order valence-corrected chi connectivity index (χ1v) is 6.43. The van der Waals surface area contributed by atoms with Crippen LogP contribution in [0.1, 0.15) is 33.1 Å². The van der Waals surface area contributed by atoms with Crippen molar-refractivity contribution in [2.24, 2.45) is 0 Å². The Morgan fingerprint density at radius 2 is 1.88 bits per heavy atom. The number of unbranched alkanes of at least 4 members (excludes halogenated alkanes) is 1. The third-order valence-corrected chi connectivity index (χ3v) is 2.96. The zero-order valence-corrected chi connectivity index (χ0v) is 9.99. The summed E-state index contributed by atoms with van der Waals surface area (Å²) in [6.07, 6.45) is 0.504. The molecular formula is C8H16F3NO3S. The molecule has 0 aromatic heterocycles. The predicted molar refractivity (Wildman–Crippen MR) is 53.0 cm³/mol. The number of hydrogen-bond acceptors (Lipinski definition) is 3. The Morgan fingerprint density at radius 3 is 2.25 bits per heavy atom. The van der Waals surface area contributed by atoms with Crippen molar-refractivity contribution in [1.29, 1.82) is 0 Å². The lowest BCUT2D eigenvalue weighted by atomic mass is 10.3. The van der Waals surface area contributed by atoms with Gasteiger partial charge in [0.2, 0.25) is 0 Å². The second-order valence-electron chi connectivity index (χ2n) is 3.19. The average Bonchev–Trinajstić information content (AvgIpc) is 2.14. The highest BCUT2D eigenvalue weighted by molar-refractivity contribution is 7.90. The van der Waals surface area contributed by atoms with Gasteiger partial charge < -0.3 is 4.74 Å². The van der Waals surface area contributed by atoms with Crippen molar-refractivity contribution in [3.05, 3.63) is 0 Å². The van der Waals surface area contributed by atoms with Crippen molar-refractivity contribution >= 4 is 10.0 Å². The monoisotopic (exact) mass is 263 g/mol. The molecule has 0 aliphatic carbocycles. The molecule has 0 aliphatic rings. The van der Waals surface area contributed by atoms with Gasteiger partial charge >= 0.3 is 15.5 Å². The summed E-state index contributed by atoms with van der Waals surface area (Å²) in [5.74, 6) is 0. The minimum atomic E-state index is -5.32. The van der Waals surface area contributed by atoms with Crippen molar-refractivity contribution in [2.45, 2.75) is 44.8 Å². The van der Waals surface area contributed by atoms with Crippen LogP contribution in [0, 0.1) is 0 Å². The van der Waals surface area contributed by atoms with E-state index >= 15 is 0 Å². The molecule has 8 heteroatoms. The Morgan fingerprint density at radius 1 is 1.31 bits per heavy atom. The quantitative estimate of drug-likeness (QED) is 0.564. The standard InChI is InChI=1S/C8H16F3NO3S/c1-3-5-6-15-7(4-2)12-16(13,14)8(9,10)11/h7,12H,3-6H2,1-2H3. The molecule has 0 aromatic rings. The van der Waals surface area contributed by atoms with Crippen LogP contribution in [0.2, 0.25) is 0 Å². The fourth-order valence-electron chi connectivity index (χ4n) is 0.845. The fourth-order valence-corrected chi connectivity index (χ4v) is 1.56. The lowest BCUT2D eigenvalue weighted by Gasteiger charge is -2.18. The first-order chi connectivity index (χ1) is 7.24. The molecule has 1 unspecified atom stereocenters. The SMILES string of the molecule is CCCCOC(CC)NS(=O)(=O)C(F)(F)F. The van der Waals surface area contributed by atoms with Gasteiger partial charge in [-0.1, -0.05) is 20.3 Å². The van der Waals surface area contributed by atoms with E-state index in [1.807, 2.05) is 6.92 Å². The van der Waals surface area contributed by atoms with Crippen LogP contribution < -0.4 is 4.72 Å². The molecule has 0 saturated heterocycles. The van der Waals surface area contributed by atoms with Crippen LogP contribution in [-0.4, -0.2) is 26.8 Å². The number of ether oxygens (including phenoxy) is 1. The highest BCUT2D eigenvalue weighted by Gasteiger charge is 2.46. The second-order valence-corrected chi connectivity index (χ2v) is 4.89. The molecule has 0 fully saturated rings. The molecule has 0 aromatic carbocycles. The van der Waals surface area contributed by atoms with Gasteiger partial charge in [0.15, 0.2) is 0 Å². The molecule has 1 atom stereocenters. The minimum Gasteiger partial charge on any atom is -0.362 e. The summed E-state index contributed by atoms with van der Waals surface area (Å²) in [6.45, 7) is 3.66. The zero-order chi connectivity index (χ0) is 12.8. The number of halogens is 3. The number of hydrogen-bond donors (Lipinski definition) is 1. The highest BCUT2D eigenvalue weighted by Crippen LogP contribution is 2.22. The van der Waals surface area contributed by atoms with Crippen molar-refractivity contribution in [1.82, 2.24) is 4.72 Å². The van der Waals surface area contributed by atoms with E-state index in [2.05, 4.69) is 0 Å². The van der Waals surface area contributed by atoms with Crippen molar-refractivity contribution < 1.29 is 26.3 Å². The van der Waals surface area contributed by atoms with Crippen LogP contribution >= 0.6 is 0 Å². The summed E-state index contributed by atoms with van der Waals surface area (Å²) in [5, 5.41) is 0. The Balaban J connectivity index is 4.32. The molecule has 16 heavy (non-hydrogen) atoms. The maximum Gasteiger partial charge on any atom is 0.511 e. The summed E-state index contributed by atoms with van der Waals surface area (Å²) >= 11 is 0. The predicted octanol–water partition coefficient (Wildman–Crippen LogP) is 1.98. The van der Waals surface area contributed by atoms with Crippen molar-refractivity contribution in [3.63, 3.8) is 0 Å². The first kappa shape index (κ1) is 15.7. The smallest absolute Gasteiger partial charge is 0.362 e. The van der Waals surface area contributed by atoms with Crippen LogP contribution in [0.25, 0.3) is 0 Å². The topological polar surface area (TPSA) is 55.4 Å². The highest BCUT2D eigenvalue weighted by atomic mass is 32.2. The normalized spacial score (nSPS) is 15.1. The number of sulfonamides is 1. The molecule has 0 radical (unpaired) electrons. The summed E-state index contributed by atoms with van der Waals surface area (Å²) in [6, 6.07) is 0. The van der Waals surface area contributed by atoms with Crippen molar-refractivity contribution in [3.8, 4) is 0 Å². The molecule has 98 valence electrons. The van der Waals surface area contributed by atoms with Gasteiger partial charge in [-0.05, 0) is 12.8 Å². The van der Waals surface area contributed by atoms with Crippen LogP contribution in [0.3, 0.4) is 0 Å². The van der Waals surface area contributed by atoms with Gasteiger partial charge in [0.05, 0.1) is 0 Å². The molecule has 4 nitrogen and oxygen atoms in total. The van der Waals surface area contributed by atoms with E-state index in [9.17, 15) is 21.6 Å². The summed E-state index contributed by atoms with van der Waals surface area (Å²) in [7, 11) is -5.32. The Bertz CT molecular complexity index is 289. The van der Waals surface area contributed by atoms with E-state index in [4.69, 9.17) is 4.74 Å². The molecule has 0 rings (SSSR count). The largest absolute Gasteiger partial charge is 0.511 e. The zero-order valence-electron chi connectivity index (χ0n) is 9.17. The van der Waals surface area contributed by atoms with E-state index < -0.39 is 21.8 Å². The number of nitrogens with one attached hydrogen (secondary N) is 1. The Hall–Kier alpha value is -0.340. The molecule has 0 heterocycles. The molecule has 0 amide bonds. The van der Waals surface area contributed by atoms with Gasteiger partial charge in [0, 0.05) is 6.61 Å². The Labute approximate surface area is 93.2 Å². The van der Waals surface area contributed by atoms with Crippen LogP contribution in [-0.2, 0) is 14.8 Å². The molecule has 0 aliphatic heterocycles. The number of rotatable bonds is 7. The summed E-state index contributed by atoms with van der Waals surface area (Å²) in [4.78, 5) is 0. The molecule has 0 saturated carbocycles. The Kier molecular flexibility index (Phi) is 6.27.